The number of carbonyl (C=O) groups excluding carboxylic acids is 1. The predicted molar refractivity (Wildman–Crippen MR) is 108 cm³/mol. The Bertz CT molecular complexity index is 1120. The number of hydrogen-bond donors (Lipinski definition) is 1. The first-order chi connectivity index (χ1) is 14.0. The van der Waals surface area contributed by atoms with Gasteiger partial charge in [-0.05, 0) is 19.4 Å². The highest BCUT2D eigenvalue weighted by atomic mass is 32.1. The molecule has 1 unspecified atom stereocenters. The molecule has 8 nitrogen and oxygen atoms in total. The number of halogens is 1. The van der Waals surface area contributed by atoms with Crippen molar-refractivity contribution in [3.05, 3.63) is 50.5 Å². The Morgan fingerprint density at radius 1 is 1.48 bits per heavy atom. The van der Waals surface area contributed by atoms with Crippen LogP contribution in [0.5, 0.6) is 0 Å². The number of pyridine rings is 2. The van der Waals surface area contributed by atoms with Gasteiger partial charge in [0.05, 0.1) is 18.5 Å². The van der Waals surface area contributed by atoms with Crippen LogP contribution in [0.2, 0.25) is 0 Å². The maximum atomic E-state index is 14.8. The molecule has 1 aliphatic heterocycles. The number of thiazole rings is 1. The highest BCUT2D eigenvalue weighted by Crippen LogP contribution is 2.25. The van der Waals surface area contributed by atoms with Gasteiger partial charge in [0.1, 0.15) is 16.2 Å². The van der Waals surface area contributed by atoms with Gasteiger partial charge in [-0.1, -0.05) is 0 Å². The van der Waals surface area contributed by atoms with E-state index in [1.165, 1.54) is 17.5 Å². The fourth-order valence-corrected chi connectivity index (χ4v) is 4.04. The Balaban J connectivity index is 1.90. The summed E-state index contributed by atoms with van der Waals surface area (Å²) in [5.74, 6) is -1.21. The number of anilines is 1. The third-order valence-electron chi connectivity index (χ3n) is 4.79. The first-order valence-corrected chi connectivity index (χ1v) is 10.2. The van der Waals surface area contributed by atoms with Gasteiger partial charge in [-0.25, -0.2) is 19.2 Å². The molecule has 3 aromatic heterocycles. The van der Waals surface area contributed by atoms with Gasteiger partial charge in [-0.15, -0.1) is 11.3 Å². The molecule has 1 fully saturated rings. The molecule has 29 heavy (non-hydrogen) atoms. The van der Waals surface area contributed by atoms with Crippen LogP contribution in [0.3, 0.4) is 0 Å². The number of nitrogens with zero attached hydrogens (tertiary/aromatic N) is 4. The summed E-state index contributed by atoms with van der Waals surface area (Å²) in [6.07, 6.45) is 3.82. The van der Waals surface area contributed by atoms with Crippen molar-refractivity contribution in [2.45, 2.75) is 25.9 Å². The summed E-state index contributed by atoms with van der Waals surface area (Å²) in [4.78, 5) is 35.6. The van der Waals surface area contributed by atoms with Crippen molar-refractivity contribution in [2.24, 2.45) is 5.73 Å². The van der Waals surface area contributed by atoms with Gasteiger partial charge >= 0.3 is 5.97 Å². The molecule has 0 bridgehead atoms. The summed E-state index contributed by atoms with van der Waals surface area (Å²) in [5, 5.41) is 2.62. The highest BCUT2D eigenvalue weighted by molar-refractivity contribution is 7.09. The van der Waals surface area contributed by atoms with E-state index in [0.717, 1.165) is 17.5 Å². The maximum absolute atomic E-state index is 14.8. The van der Waals surface area contributed by atoms with E-state index in [1.54, 1.807) is 22.6 Å². The van der Waals surface area contributed by atoms with E-state index in [0.29, 0.717) is 19.6 Å². The van der Waals surface area contributed by atoms with Crippen LogP contribution in [-0.2, 0) is 11.3 Å². The van der Waals surface area contributed by atoms with Crippen molar-refractivity contribution in [2.75, 3.05) is 24.6 Å². The molecule has 4 rings (SSSR count). The minimum atomic E-state index is -0.748. The lowest BCUT2D eigenvalue weighted by atomic mass is 10.2. The van der Waals surface area contributed by atoms with Gasteiger partial charge in [0, 0.05) is 36.9 Å². The number of nitrogens with two attached hydrogens (primary N) is 1. The van der Waals surface area contributed by atoms with Crippen LogP contribution in [0.4, 0.5) is 10.2 Å². The summed E-state index contributed by atoms with van der Waals surface area (Å²) in [7, 11) is 0. The Kier molecular flexibility index (Phi) is 5.29. The quantitative estimate of drug-likeness (QED) is 0.631. The number of fused-ring (bicyclic) bond motifs is 1. The minimum absolute atomic E-state index is 0.0249. The molecule has 1 saturated heterocycles. The van der Waals surface area contributed by atoms with Crippen LogP contribution in [0.15, 0.2) is 28.6 Å². The molecular formula is C19H20FN5O3S. The zero-order valence-electron chi connectivity index (χ0n) is 15.8. The summed E-state index contributed by atoms with van der Waals surface area (Å²) in [5.41, 5.74) is 5.47. The van der Waals surface area contributed by atoms with Crippen LogP contribution in [0.1, 0.15) is 28.7 Å². The van der Waals surface area contributed by atoms with Crippen LogP contribution >= 0.6 is 11.3 Å². The largest absolute Gasteiger partial charge is 0.462 e. The Hall–Kier alpha value is -2.85. The number of ether oxygens (including phenoxy) is 1. The molecule has 10 heteroatoms. The zero-order chi connectivity index (χ0) is 20.5. The second-order valence-corrected chi connectivity index (χ2v) is 7.78. The van der Waals surface area contributed by atoms with Crippen molar-refractivity contribution in [1.82, 2.24) is 14.5 Å². The molecular weight excluding hydrogens is 397 g/mol. The fourth-order valence-electron chi connectivity index (χ4n) is 3.43. The Morgan fingerprint density at radius 3 is 2.97 bits per heavy atom. The molecule has 0 radical (unpaired) electrons. The summed E-state index contributed by atoms with van der Waals surface area (Å²) >= 11 is 1.43. The topological polar surface area (TPSA) is 103 Å². The number of esters is 1. The van der Waals surface area contributed by atoms with Gasteiger partial charge in [0.15, 0.2) is 11.6 Å². The molecule has 0 saturated carbocycles. The fraction of sp³-hybridized carbons (Fsp3) is 0.368. The summed E-state index contributed by atoms with van der Waals surface area (Å²) in [6, 6.07) is 1.10. The Labute approximate surface area is 169 Å². The third kappa shape index (κ3) is 3.73. The Morgan fingerprint density at radius 2 is 2.31 bits per heavy atom. The number of rotatable bonds is 5. The average Bonchev–Trinajstić information content (AvgIpc) is 3.35. The molecule has 1 aliphatic rings. The molecule has 0 aliphatic carbocycles. The van der Waals surface area contributed by atoms with Crippen molar-refractivity contribution < 1.29 is 13.9 Å². The van der Waals surface area contributed by atoms with Crippen molar-refractivity contribution in [1.29, 1.82) is 0 Å². The normalized spacial score (nSPS) is 16.5. The van der Waals surface area contributed by atoms with Gasteiger partial charge < -0.3 is 19.9 Å². The number of aromatic nitrogens is 3. The second kappa shape index (κ2) is 7.88. The average molecular weight is 417 g/mol. The van der Waals surface area contributed by atoms with E-state index in [1.807, 2.05) is 5.38 Å². The second-order valence-electron chi connectivity index (χ2n) is 6.81. The van der Waals surface area contributed by atoms with Gasteiger partial charge in [-0.3, -0.25) is 4.79 Å². The SMILES string of the molecule is CCOC(=O)c1cn(Cc2nccs2)c2nc(N3CCC(N)C3)c(F)cc2c1=O. The smallest absolute Gasteiger partial charge is 0.343 e. The standard InChI is InChI=1S/C19H20FN5O3S/c1-2-28-19(27)13-9-25(10-15-22-4-6-29-15)17-12(16(13)26)7-14(20)18(23-17)24-5-3-11(21)8-24/h4,6-7,9,11H,2-3,5,8,10,21H2,1H3. The molecule has 0 amide bonds. The minimum Gasteiger partial charge on any atom is -0.462 e. The van der Waals surface area contributed by atoms with Gasteiger partial charge in [0.2, 0.25) is 5.43 Å². The van der Waals surface area contributed by atoms with Crippen molar-refractivity contribution in [3.8, 4) is 0 Å². The van der Waals surface area contributed by atoms with E-state index in [9.17, 15) is 14.0 Å². The van der Waals surface area contributed by atoms with Gasteiger partial charge in [-0.2, -0.15) is 0 Å². The lowest BCUT2D eigenvalue weighted by molar-refractivity contribution is 0.0524. The maximum Gasteiger partial charge on any atom is 0.343 e. The van der Waals surface area contributed by atoms with Crippen molar-refractivity contribution >= 4 is 34.2 Å². The third-order valence-corrected chi connectivity index (χ3v) is 5.56. The highest BCUT2D eigenvalue weighted by Gasteiger charge is 2.25. The van der Waals surface area contributed by atoms with E-state index < -0.39 is 17.2 Å². The van der Waals surface area contributed by atoms with Crippen LogP contribution in [0.25, 0.3) is 11.0 Å². The van der Waals surface area contributed by atoms with Crippen LogP contribution < -0.4 is 16.1 Å². The first-order valence-electron chi connectivity index (χ1n) is 9.27. The van der Waals surface area contributed by atoms with Crippen molar-refractivity contribution in [3.63, 3.8) is 0 Å². The van der Waals surface area contributed by atoms with Gasteiger partial charge in [0.25, 0.3) is 0 Å². The monoisotopic (exact) mass is 417 g/mol. The molecule has 1 atom stereocenters. The molecule has 152 valence electrons. The van der Waals surface area contributed by atoms with E-state index in [-0.39, 0.29) is 35.1 Å². The number of hydrogen-bond acceptors (Lipinski definition) is 8. The van der Waals surface area contributed by atoms with E-state index in [4.69, 9.17) is 10.5 Å². The molecule has 2 N–H and O–H groups in total. The lowest BCUT2D eigenvalue weighted by Crippen LogP contribution is -2.28. The molecule has 4 heterocycles. The molecule has 3 aromatic rings. The molecule has 0 spiro atoms. The molecule has 0 aromatic carbocycles. The zero-order valence-corrected chi connectivity index (χ0v) is 16.6. The van der Waals surface area contributed by atoms with E-state index in [2.05, 4.69) is 9.97 Å². The summed E-state index contributed by atoms with van der Waals surface area (Å²) < 4.78 is 21.5. The van der Waals surface area contributed by atoms with Crippen LogP contribution in [0, 0.1) is 5.82 Å². The first kappa shape index (κ1) is 19.5. The summed E-state index contributed by atoms with van der Waals surface area (Å²) in [6.45, 7) is 3.16. The predicted octanol–water partition coefficient (Wildman–Crippen LogP) is 1.75. The van der Waals surface area contributed by atoms with E-state index >= 15 is 0 Å². The van der Waals surface area contributed by atoms with Crippen LogP contribution in [-0.4, -0.2) is 46.2 Å². The number of carbonyl (C=O) groups is 1. The lowest BCUT2D eigenvalue weighted by Gasteiger charge is -2.19.